The number of hydrogen-bond donors (Lipinski definition) is 0. The Hall–Kier alpha value is -1.83. The van der Waals surface area contributed by atoms with Gasteiger partial charge in [0.15, 0.2) is 0 Å². The summed E-state index contributed by atoms with van der Waals surface area (Å²) in [5, 5.41) is 0. The van der Waals surface area contributed by atoms with E-state index < -0.39 is 6.36 Å². The largest absolute Gasteiger partial charge is 0.573 e. The van der Waals surface area contributed by atoms with Gasteiger partial charge in [-0.15, -0.1) is 13.2 Å². The highest BCUT2D eigenvalue weighted by Gasteiger charge is 2.30. The first-order chi connectivity index (χ1) is 9.85. The van der Waals surface area contributed by atoms with E-state index >= 15 is 0 Å². The Bertz CT molecular complexity index is 618. The van der Waals surface area contributed by atoms with E-state index in [-0.39, 0.29) is 5.75 Å². The SMILES string of the molecule is CCc1nc(Br)cc(Oc2ccc(OC(F)(F)F)cc2)n1. The van der Waals surface area contributed by atoms with Crippen molar-refractivity contribution in [1.29, 1.82) is 0 Å². The van der Waals surface area contributed by atoms with Crippen LogP contribution in [0.4, 0.5) is 13.2 Å². The van der Waals surface area contributed by atoms with Crippen molar-refractivity contribution in [2.45, 2.75) is 19.7 Å². The quantitative estimate of drug-likeness (QED) is 0.751. The predicted octanol–water partition coefficient (Wildman–Crippen LogP) is 4.49. The molecule has 1 aromatic heterocycles. The summed E-state index contributed by atoms with van der Waals surface area (Å²) in [6.45, 7) is 1.90. The maximum Gasteiger partial charge on any atom is 0.573 e. The number of ether oxygens (including phenoxy) is 2. The van der Waals surface area contributed by atoms with Crippen molar-refractivity contribution in [2.75, 3.05) is 0 Å². The van der Waals surface area contributed by atoms with Gasteiger partial charge < -0.3 is 9.47 Å². The first-order valence-corrected chi connectivity index (χ1v) is 6.72. The van der Waals surface area contributed by atoms with E-state index in [1.54, 1.807) is 6.07 Å². The molecular formula is C13H10BrF3N2O2. The average molecular weight is 363 g/mol. The fourth-order valence-corrected chi connectivity index (χ4v) is 1.88. The second kappa shape index (κ2) is 6.30. The number of nitrogens with zero attached hydrogens (tertiary/aromatic N) is 2. The van der Waals surface area contributed by atoms with E-state index in [1.807, 2.05) is 6.92 Å². The standard InChI is InChI=1S/C13H10BrF3N2O2/c1-2-11-18-10(14)7-12(19-11)20-8-3-5-9(6-4-8)21-13(15,16)17/h3-7H,2H2,1H3. The summed E-state index contributed by atoms with van der Waals surface area (Å²) in [7, 11) is 0. The van der Waals surface area contributed by atoms with Gasteiger partial charge in [-0.05, 0) is 40.2 Å². The van der Waals surface area contributed by atoms with Gasteiger partial charge in [-0.25, -0.2) is 4.98 Å². The highest BCUT2D eigenvalue weighted by molar-refractivity contribution is 9.10. The Morgan fingerprint density at radius 3 is 2.29 bits per heavy atom. The monoisotopic (exact) mass is 362 g/mol. The van der Waals surface area contributed by atoms with E-state index in [4.69, 9.17) is 4.74 Å². The molecule has 0 amide bonds. The Morgan fingerprint density at radius 1 is 1.10 bits per heavy atom. The lowest BCUT2D eigenvalue weighted by molar-refractivity contribution is -0.274. The van der Waals surface area contributed by atoms with Crippen LogP contribution in [0.5, 0.6) is 17.4 Å². The normalized spacial score (nSPS) is 11.3. The highest BCUT2D eigenvalue weighted by Crippen LogP contribution is 2.27. The Morgan fingerprint density at radius 2 is 1.71 bits per heavy atom. The molecule has 0 fully saturated rings. The van der Waals surface area contributed by atoms with E-state index in [0.29, 0.717) is 28.5 Å². The molecule has 0 aliphatic carbocycles. The van der Waals surface area contributed by atoms with Crippen LogP contribution in [0.2, 0.25) is 0 Å². The third-order valence-electron chi connectivity index (χ3n) is 2.31. The Labute approximate surface area is 127 Å². The molecule has 0 radical (unpaired) electrons. The van der Waals surface area contributed by atoms with Crippen LogP contribution in [-0.4, -0.2) is 16.3 Å². The molecule has 0 bridgehead atoms. The minimum absolute atomic E-state index is 0.304. The molecule has 0 saturated heterocycles. The topological polar surface area (TPSA) is 44.2 Å². The van der Waals surface area contributed by atoms with E-state index in [1.165, 1.54) is 24.3 Å². The lowest BCUT2D eigenvalue weighted by atomic mass is 10.3. The van der Waals surface area contributed by atoms with Gasteiger partial charge in [-0.2, -0.15) is 4.98 Å². The fourth-order valence-electron chi connectivity index (χ4n) is 1.48. The summed E-state index contributed by atoms with van der Waals surface area (Å²) >= 11 is 3.24. The molecule has 0 aliphatic heterocycles. The molecule has 2 rings (SSSR count). The van der Waals surface area contributed by atoms with Crippen molar-refractivity contribution in [3.05, 3.63) is 40.8 Å². The number of halogens is 4. The van der Waals surface area contributed by atoms with Gasteiger partial charge in [0, 0.05) is 12.5 Å². The van der Waals surface area contributed by atoms with Gasteiger partial charge in [-0.3, -0.25) is 0 Å². The fraction of sp³-hybridized carbons (Fsp3) is 0.231. The maximum absolute atomic E-state index is 12.0. The average Bonchev–Trinajstić information content (AvgIpc) is 2.38. The lowest BCUT2D eigenvalue weighted by Gasteiger charge is -2.10. The number of aromatic nitrogens is 2. The van der Waals surface area contributed by atoms with E-state index in [9.17, 15) is 13.2 Å². The predicted molar refractivity (Wildman–Crippen MR) is 72.3 cm³/mol. The van der Waals surface area contributed by atoms with Crippen molar-refractivity contribution in [3.63, 3.8) is 0 Å². The second-order valence-electron chi connectivity index (χ2n) is 3.92. The van der Waals surface area contributed by atoms with Gasteiger partial charge in [0.25, 0.3) is 0 Å². The van der Waals surface area contributed by atoms with Crippen LogP contribution in [-0.2, 0) is 6.42 Å². The molecule has 4 nitrogen and oxygen atoms in total. The molecule has 1 aromatic carbocycles. The van der Waals surface area contributed by atoms with Crippen molar-refractivity contribution in [3.8, 4) is 17.4 Å². The zero-order chi connectivity index (χ0) is 15.5. The van der Waals surface area contributed by atoms with Crippen molar-refractivity contribution in [2.24, 2.45) is 0 Å². The molecule has 1 heterocycles. The van der Waals surface area contributed by atoms with Crippen LogP contribution in [0.15, 0.2) is 34.9 Å². The number of benzene rings is 1. The second-order valence-corrected chi connectivity index (χ2v) is 4.73. The van der Waals surface area contributed by atoms with Crippen LogP contribution in [0, 0.1) is 0 Å². The summed E-state index contributed by atoms with van der Waals surface area (Å²) in [6, 6.07) is 6.63. The third kappa shape index (κ3) is 4.89. The molecule has 0 spiro atoms. The van der Waals surface area contributed by atoms with Crippen LogP contribution < -0.4 is 9.47 Å². The van der Waals surface area contributed by atoms with Gasteiger partial charge in [0.2, 0.25) is 5.88 Å². The first-order valence-electron chi connectivity index (χ1n) is 5.93. The Kier molecular flexibility index (Phi) is 4.66. The van der Waals surface area contributed by atoms with Crippen molar-refractivity contribution < 1.29 is 22.6 Å². The Balaban J connectivity index is 2.11. The molecule has 2 aromatic rings. The van der Waals surface area contributed by atoms with Crippen molar-refractivity contribution in [1.82, 2.24) is 9.97 Å². The van der Waals surface area contributed by atoms with Gasteiger partial charge in [-0.1, -0.05) is 6.92 Å². The number of rotatable bonds is 4. The van der Waals surface area contributed by atoms with Crippen LogP contribution >= 0.6 is 15.9 Å². The molecule has 112 valence electrons. The van der Waals surface area contributed by atoms with E-state index in [0.717, 1.165) is 0 Å². The zero-order valence-corrected chi connectivity index (χ0v) is 12.4. The summed E-state index contributed by atoms with van der Waals surface area (Å²) in [5.74, 6) is 0.930. The summed E-state index contributed by atoms with van der Waals surface area (Å²) in [4.78, 5) is 8.28. The van der Waals surface area contributed by atoms with Gasteiger partial charge >= 0.3 is 6.36 Å². The lowest BCUT2D eigenvalue weighted by Crippen LogP contribution is -2.16. The molecule has 0 N–H and O–H groups in total. The van der Waals surface area contributed by atoms with Gasteiger partial charge in [0.1, 0.15) is 21.9 Å². The number of hydrogen-bond acceptors (Lipinski definition) is 4. The minimum atomic E-state index is -4.71. The maximum atomic E-state index is 12.0. The minimum Gasteiger partial charge on any atom is -0.439 e. The molecular weight excluding hydrogens is 353 g/mol. The van der Waals surface area contributed by atoms with Crippen molar-refractivity contribution >= 4 is 15.9 Å². The molecule has 0 aliphatic rings. The number of alkyl halides is 3. The van der Waals surface area contributed by atoms with Crippen LogP contribution in [0.1, 0.15) is 12.7 Å². The molecule has 0 saturated carbocycles. The van der Waals surface area contributed by atoms with Crippen LogP contribution in [0.25, 0.3) is 0 Å². The zero-order valence-electron chi connectivity index (χ0n) is 10.8. The number of aryl methyl sites for hydroxylation is 1. The summed E-state index contributed by atoms with van der Waals surface area (Å²) < 4.78 is 45.9. The molecule has 21 heavy (non-hydrogen) atoms. The third-order valence-corrected chi connectivity index (χ3v) is 2.72. The van der Waals surface area contributed by atoms with Gasteiger partial charge in [0.05, 0.1) is 0 Å². The summed E-state index contributed by atoms with van der Waals surface area (Å²) in [5.41, 5.74) is 0. The highest BCUT2D eigenvalue weighted by atomic mass is 79.9. The molecule has 0 atom stereocenters. The first kappa shape index (κ1) is 15.6. The molecule has 8 heteroatoms. The summed E-state index contributed by atoms with van der Waals surface area (Å²) in [6.07, 6.45) is -4.08. The molecule has 0 unspecified atom stereocenters. The smallest absolute Gasteiger partial charge is 0.439 e. The van der Waals surface area contributed by atoms with E-state index in [2.05, 4.69) is 30.6 Å². The van der Waals surface area contributed by atoms with Crippen LogP contribution in [0.3, 0.4) is 0 Å².